The minimum atomic E-state index is -0.0955. The van der Waals surface area contributed by atoms with E-state index in [9.17, 15) is 5.11 Å². The average molecular weight is 348 g/mol. The number of aliphatic hydroxyl groups is 1. The lowest BCUT2D eigenvalue weighted by atomic mass is 9.93. The van der Waals surface area contributed by atoms with Gasteiger partial charge >= 0.3 is 0 Å². The number of hydrogen-bond donors (Lipinski definition) is 1. The number of rotatable bonds is 4. The van der Waals surface area contributed by atoms with Crippen molar-refractivity contribution in [3.8, 4) is 11.1 Å². The fraction of sp³-hybridized carbons (Fsp3) is 0.391. The van der Waals surface area contributed by atoms with E-state index in [1.807, 2.05) is 0 Å². The molecule has 1 fully saturated rings. The Labute approximate surface area is 156 Å². The Morgan fingerprint density at radius 3 is 2.46 bits per heavy atom. The predicted octanol–water partition coefficient (Wildman–Crippen LogP) is 3.64. The zero-order valence-corrected chi connectivity index (χ0v) is 15.4. The molecule has 2 aliphatic heterocycles. The topological polar surface area (TPSA) is 26.7 Å². The number of aliphatic hydroxyl groups excluding tert-OH is 1. The van der Waals surface area contributed by atoms with Crippen LogP contribution < -0.4 is 0 Å². The van der Waals surface area contributed by atoms with Crippen molar-refractivity contribution in [1.82, 2.24) is 9.80 Å². The van der Waals surface area contributed by atoms with E-state index < -0.39 is 0 Å². The second kappa shape index (κ2) is 7.65. The molecule has 2 aliphatic rings. The summed E-state index contributed by atoms with van der Waals surface area (Å²) in [4.78, 5) is 4.89. The molecule has 0 amide bonds. The van der Waals surface area contributed by atoms with Gasteiger partial charge in [-0.3, -0.25) is 0 Å². The monoisotopic (exact) mass is 348 g/mol. The van der Waals surface area contributed by atoms with Crippen molar-refractivity contribution in [3.63, 3.8) is 0 Å². The van der Waals surface area contributed by atoms with Crippen LogP contribution in [0.3, 0.4) is 0 Å². The standard InChI is InChI=1S/C23H28N2O/c1-18-23-8-7-20(19-5-3-2-4-6-19)17-21(23)9-14-25(18)16-15-24-12-10-22(26)11-13-24/h2-8,17,22,26H,1,9-16H2. The molecule has 0 spiro atoms. The van der Waals surface area contributed by atoms with Crippen LogP contribution in [-0.2, 0) is 6.42 Å². The predicted molar refractivity (Wildman–Crippen MR) is 108 cm³/mol. The zero-order chi connectivity index (χ0) is 17.9. The second-order valence-corrected chi connectivity index (χ2v) is 7.49. The van der Waals surface area contributed by atoms with Gasteiger partial charge in [0.15, 0.2) is 0 Å². The molecule has 1 saturated heterocycles. The first kappa shape index (κ1) is 17.3. The highest BCUT2D eigenvalue weighted by Gasteiger charge is 2.22. The molecule has 2 aromatic carbocycles. The number of hydrogen-bond acceptors (Lipinski definition) is 3. The van der Waals surface area contributed by atoms with Crippen molar-refractivity contribution in [2.45, 2.75) is 25.4 Å². The summed E-state index contributed by atoms with van der Waals surface area (Å²) in [6.07, 6.45) is 2.80. The van der Waals surface area contributed by atoms with Gasteiger partial charge in [-0.05, 0) is 36.0 Å². The third kappa shape index (κ3) is 3.69. The Morgan fingerprint density at radius 2 is 1.69 bits per heavy atom. The molecule has 0 saturated carbocycles. The van der Waals surface area contributed by atoms with E-state index in [0.29, 0.717) is 0 Å². The van der Waals surface area contributed by atoms with Gasteiger partial charge in [-0.1, -0.05) is 55.1 Å². The van der Waals surface area contributed by atoms with Crippen LogP contribution >= 0.6 is 0 Å². The SMILES string of the molecule is C=C1c2ccc(-c3ccccc3)cc2CCN1CCN1CCC(O)CC1. The molecule has 2 heterocycles. The van der Waals surface area contributed by atoms with Gasteiger partial charge in [-0.15, -0.1) is 0 Å². The molecule has 3 nitrogen and oxygen atoms in total. The molecule has 1 N–H and O–H groups in total. The van der Waals surface area contributed by atoms with Crippen LogP contribution in [0.15, 0.2) is 55.1 Å². The van der Waals surface area contributed by atoms with Gasteiger partial charge < -0.3 is 14.9 Å². The Hall–Kier alpha value is -2.10. The van der Waals surface area contributed by atoms with Gasteiger partial charge in [0.05, 0.1) is 6.10 Å². The quantitative estimate of drug-likeness (QED) is 0.914. The van der Waals surface area contributed by atoms with Crippen LogP contribution in [0.5, 0.6) is 0 Å². The molecule has 136 valence electrons. The molecular weight excluding hydrogens is 320 g/mol. The third-order valence-electron chi connectivity index (χ3n) is 5.80. The number of nitrogens with zero attached hydrogens (tertiary/aromatic N) is 2. The van der Waals surface area contributed by atoms with Gasteiger partial charge in [0.25, 0.3) is 0 Å². The lowest BCUT2D eigenvalue weighted by Crippen LogP contribution is -2.41. The lowest BCUT2D eigenvalue weighted by Gasteiger charge is -2.36. The molecular formula is C23H28N2O. The van der Waals surface area contributed by atoms with Crippen LogP contribution in [0.1, 0.15) is 24.0 Å². The Balaban J connectivity index is 1.42. The molecule has 4 rings (SSSR count). The highest BCUT2D eigenvalue weighted by atomic mass is 16.3. The summed E-state index contributed by atoms with van der Waals surface area (Å²) in [6.45, 7) is 9.53. The first-order chi connectivity index (χ1) is 12.7. The molecule has 0 unspecified atom stereocenters. The minimum Gasteiger partial charge on any atom is -0.393 e. The fourth-order valence-corrected chi connectivity index (χ4v) is 4.10. The van der Waals surface area contributed by atoms with Crippen molar-refractivity contribution in [2.24, 2.45) is 0 Å². The third-order valence-corrected chi connectivity index (χ3v) is 5.80. The van der Waals surface area contributed by atoms with Gasteiger partial charge in [0, 0.05) is 44.0 Å². The van der Waals surface area contributed by atoms with Gasteiger partial charge in [-0.2, -0.15) is 0 Å². The van der Waals surface area contributed by atoms with Crippen LogP contribution in [-0.4, -0.2) is 53.7 Å². The Morgan fingerprint density at radius 1 is 0.923 bits per heavy atom. The fourth-order valence-electron chi connectivity index (χ4n) is 4.10. The molecule has 0 aromatic heterocycles. The van der Waals surface area contributed by atoms with E-state index >= 15 is 0 Å². The molecule has 0 bridgehead atoms. The molecule has 26 heavy (non-hydrogen) atoms. The van der Waals surface area contributed by atoms with E-state index in [1.165, 1.54) is 22.3 Å². The van der Waals surface area contributed by atoms with E-state index in [0.717, 1.165) is 57.7 Å². The Bertz CT molecular complexity index is 763. The van der Waals surface area contributed by atoms with Crippen LogP contribution in [0.2, 0.25) is 0 Å². The average Bonchev–Trinajstić information content (AvgIpc) is 2.69. The summed E-state index contributed by atoms with van der Waals surface area (Å²) < 4.78 is 0. The van der Waals surface area contributed by atoms with Gasteiger partial charge in [0.1, 0.15) is 0 Å². The van der Waals surface area contributed by atoms with Crippen molar-refractivity contribution in [1.29, 1.82) is 0 Å². The maximum Gasteiger partial charge on any atom is 0.0564 e. The van der Waals surface area contributed by atoms with Gasteiger partial charge in [0.2, 0.25) is 0 Å². The van der Waals surface area contributed by atoms with Crippen LogP contribution in [0.25, 0.3) is 16.8 Å². The molecule has 0 radical (unpaired) electrons. The first-order valence-electron chi connectivity index (χ1n) is 9.74. The van der Waals surface area contributed by atoms with E-state index in [2.05, 4.69) is 64.9 Å². The van der Waals surface area contributed by atoms with E-state index in [-0.39, 0.29) is 6.10 Å². The minimum absolute atomic E-state index is 0.0955. The second-order valence-electron chi connectivity index (χ2n) is 7.49. The lowest BCUT2D eigenvalue weighted by molar-refractivity contribution is 0.0797. The Kier molecular flexibility index (Phi) is 5.09. The number of likely N-dealkylation sites (tertiary alicyclic amines) is 1. The summed E-state index contributed by atoms with van der Waals surface area (Å²) >= 11 is 0. The summed E-state index contributed by atoms with van der Waals surface area (Å²) in [5, 5.41) is 9.65. The van der Waals surface area contributed by atoms with Crippen LogP contribution in [0, 0.1) is 0 Å². The molecule has 2 aromatic rings. The maximum atomic E-state index is 9.65. The van der Waals surface area contributed by atoms with E-state index in [4.69, 9.17) is 0 Å². The van der Waals surface area contributed by atoms with Crippen molar-refractivity contribution < 1.29 is 5.11 Å². The largest absolute Gasteiger partial charge is 0.393 e. The summed E-state index contributed by atoms with van der Waals surface area (Å²) in [7, 11) is 0. The molecule has 0 aliphatic carbocycles. The zero-order valence-electron chi connectivity index (χ0n) is 15.4. The van der Waals surface area contributed by atoms with Crippen LogP contribution in [0.4, 0.5) is 0 Å². The number of piperidine rings is 1. The summed E-state index contributed by atoms with van der Waals surface area (Å²) in [5.74, 6) is 0. The van der Waals surface area contributed by atoms with Crippen molar-refractivity contribution in [2.75, 3.05) is 32.7 Å². The smallest absolute Gasteiger partial charge is 0.0564 e. The molecule has 3 heteroatoms. The normalized spacial score (nSPS) is 18.8. The molecule has 0 atom stereocenters. The van der Waals surface area contributed by atoms with Crippen molar-refractivity contribution >= 4 is 5.70 Å². The number of fused-ring (bicyclic) bond motifs is 1. The van der Waals surface area contributed by atoms with E-state index in [1.54, 1.807) is 0 Å². The van der Waals surface area contributed by atoms with Gasteiger partial charge in [-0.25, -0.2) is 0 Å². The maximum absolute atomic E-state index is 9.65. The highest BCUT2D eigenvalue weighted by molar-refractivity contribution is 5.72. The van der Waals surface area contributed by atoms with Crippen molar-refractivity contribution in [3.05, 3.63) is 66.2 Å². The number of benzene rings is 2. The summed E-state index contributed by atoms with van der Waals surface area (Å²) in [5.41, 5.74) is 6.43. The highest BCUT2D eigenvalue weighted by Crippen LogP contribution is 2.31. The first-order valence-corrected chi connectivity index (χ1v) is 9.74. The summed E-state index contributed by atoms with van der Waals surface area (Å²) in [6, 6.07) is 17.4.